The molecular formula is C13H18O5S. The molecule has 0 aromatic heterocycles. The zero-order valence-electron chi connectivity index (χ0n) is 10.3. The minimum absolute atomic E-state index is 0.395. The molecule has 0 saturated carbocycles. The van der Waals surface area contributed by atoms with Gasteiger partial charge < -0.3 is 25.2 Å². The van der Waals surface area contributed by atoms with E-state index in [1.807, 2.05) is 30.3 Å². The molecule has 5 nitrogen and oxygen atoms in total. The number of rotatable bonds is 4. The average molecular weight is 286 g/mol. The molecule has 2 rings (SSSR count). The molecule has 0 bridgehead atoms. The number of aliphatic hydroxyl groups excluding tert-OH is 4. The van der Waals surface area contributed by atoms with Gasteiger partial charge in [-0.05, 0) is 5.56 Å². The summed E-state index contributed by atoms with van der Waals surface area (Å²) in [7, 11) is 0. The first-order valence-electron chi connectivity index (χ1n) is 6.09. The summed E-state index contributed by atoms with van der Waals surface area (Å²) in [5.74, 6) is 0.615. The highest BCUT2D eigenvalue weighted by molar-refractivity contribution is 7.99. The Morgan fingerprint density at radius 2 is 1.68 bits per heavy atom. The van der Waals surface area contributed by atoms with E-state index < -0.39 is 36.5 Å². The van der Waals surface area contributed by atoms with Crippen molar-refractivity contribution >= 4 is 11.8 Å². The molecule has 0 spiro atoms. The van der Waals surface area contributed by atoms with Crippen molar-refractivity contribution in [1.29, 1.82) is 0 Å². The molecule has 1 aromatic rings. The molecule has 5 atom stereocenters. The largest absolute Gasteiger partial charge is 0.394 e. The van der Waals surface area contributed by atoms with Gasteiger partial charge in [0.2, 0.25) is 0 Å². The van der Waals surface area contributed by atoms with Crippen LogP contribution in [0.3, 0.4) is 0 Å². The second kappa shape index (κ2) is 6.69. The van der Waals surface area contributed by atoms with Crippen molar-refractivity contribution in [3.63, 3.8) is 0 Å². The Labute approximate surface area is 115 Å². The normalized spacial score (nSPS) is 35.3. The Balaban J connectivity index is 1.95. The summed E-state index contributed by atoms with van der Waals surface area (Å²) in [5, 5.41) is 38.3. The Morgan fingerprint density at radius 3 is 2.32 bits per heavy atom. The minimum Gasteiger partial charge on any atom is -0.394 e. The molecule has 0 radical (unpaired) electrons. The summed E-state index contributed by atoms with van der Waals surface area (Å²) in [5.41, 5.74) is 0.403. The van der Waals surface area contributed by atoms with Crippen LogP contribution in [0, 0.1) is 0 Å². The van der Waals surface area contributed by atoms with Gasteiger partial charge in [-0.25, -0.2) is 0 Å². The maximum atomic E-state index is 9.86. The van der Waals surface area contributed by atoms with Gasteiger partial charge in [-0.15, -0.1) is 11.8 Å². The molecule has 1 saturated heterocycles. The second-order valence-electron chi connectivity index (χ2n) is 4.49. The molecule has 1 aliphatic rings. The summed E-state index contributed by atoms with van der Waals surface area (Å²) < 4.78 is 5.41. The molecule has 2 unspecified atom stereocenters. The van der Waals surface area contributed by atoms with Crippen molar-refractivity contribution < 1.29 is 25.2 Å². The summed E-state index contributed by atoms with van der Waals surface area (Å²) >= 11 is 1.33. The maximum absolute atomic E-state index is 9.86. The summed E-state index contributed by atoms with van der Waals surface area (Å²) in [4.78, 5) is 0. The predicted octanol–water partition coefficient (Wildman–Crippen LogP) is -0.280. The SMILES string of the molecule is OCC1O[C@@H](SCc2ccccc2)C(O)[C@@H](O)[C@H]1O. The molecule has 4 N–H and O–H groups in total. The van der Waals surface area contributed by atoms with Crippen molar-refractivity contribution in [3.8, 4) is 0 Å². The van der Waals surface area contributed by atoms with E-state index in [0.717, 1.165) is 5.56 Å². The first-order chi connectivity index (χ1) is 9.13. The molecule has 6 heteroatoms. The van der Waals surface area contributed by atoms with E-state index in [1.165, 1.54) is 11.8 Å². The molecule has 1 aromatic carbocycles. The molecule has 1 aliphatic heterocycles. The van der Waals surface area contributed by atoms with Crippen LogP contribution in [0.5, 0.6) is 0 Å². The smallest absolute Gasteiger partial charge is 0.132 e. The summed E-state index contributed by atoms with van der Waals surface area (Å²) in [6, 6.07) is 9.67. The Hall–Kier alpha value is -0.630. The van der Waals surface area contributed by atoms with Crippen LogP contribution in [-0.4, -0.2) is 56.9 Å². The second-order valence-corrected chi connectivity index (χ2v) is 5.58. The van der Waals surface area contributed by atoms with Gasteiger partial charge in [0.25, 0.3) is 0 Å². The van der Waals surface area contributed by atoms with Crippen LogP contribution < -0.4 is 0 Å². The Bertz CT molecular complexity index is 386. The van der Waals surface area contributed by atoms with E-state index in [-0.39, 0.29) is 0 Å². The van der Waals surface area contributed by atoms with Gasteiger partial charge >= 0.3 is 0 Å². The standard InChI is InChI=1S/C13H18O5S/c14-6-9-10(15)11(16)12(17)13(18-9)19-7-8-4-2-1-3-5-8/h1-5,9-17H,6-7H2/t9?,10-,11-,12?,13-/m0/s1. The van der Waals surface area contributed by atoms with Gasteiger partial charge in [-0.1, -0.05) is 30.3 Å². The fourth-order valence-corrected chi connectivity index (χ4v) is 3.09. The van der Waals surface area contributed by atoms with Crippen molar-refractivity contribution in [2.75, 3.05) is 6.61 Å². The third kappa shape index (κ3) is 3.47. The van der Waals surface area contributed by atoms with E-state index in [9.17, 15) is 15.3 Å². The molecule has 0 aliphatic carbocycles. The monoisotopic (exact) mass is 286 g/mol. The van der Waals surface area contributed by atoms with Crippen molar-refractivity contribution in [2.45, 2.75) is 35.6 Å². The van der Waals surface area contributed by atoms with Gasteiger partial charge in [0.1, 0.15) is 29.9 Å². The van der Waals surface area contributed by atoms with Crippen LogP contribution in [0.25, 0.3) is 0 Å². The van der Waals surface area contributed by atoms with Gasteiger partial charge in [-0.2, -0.15) is 0 Å². The highest BCUT2D eigenvalue weighted by Crippen LogP contribution is 2.30. The van der Waals surface area contributed by atoms with Gasteiger partial charge in [0.05, 0.1) is 6.61 Å². The molecule has 1 heterocycles. The van der Waals surface area contributed by atoms with Crippen molar-refractivity contribution in [1.82, 2.24) is 0 Å². The van der Waals surface area contributed by atoms with Crippen LogP contribution in [0.4, 0.5) is 0 Å². The van der Waals surface area contributed by atoms with Crippen LogP contribution in [0.15, 0.2) is 30.3 Å². The molecular weight excluding hydrogens is 268 g/mol. The van der Waals surface area contributed by atoms with Gasteiger partial charge in [-0.3, -0.25) is 0 Å². The number of ether oxygens (including phenoxy) is 1. The number of hydrogen-bond donors (Lipinski definition) is 4. The van der Waals surface area contributed by atoms with Crippen LogP contribution in [0.2, 0.25) is 0 Å². The third-order valence-corrected chi connectivity index (χ3v) is 4.32. The Morgan fingerprint density at radius 1 is 1.00 bits per heavy atom. The number of hydrogen-bond acceptors (Lipinski definition) is 6. The topological polar surface area (TPSA) is 90.2 Å². The average Bonchev–Trinajstić information content (AvgIpc) is 2.45. The number of thioether (sulfide) groups is 1. The maximum Gasteiger partial charge on any atom is 0.132 e. The lowest BCUT2D eigenvalue weighted by atomic mass is 10.0. The Kier molecular flexibility index (Phi) is 5.20. The third-order valence-electron chi connectivity index (χ3n) is 3.11. The molecule has 0 amide bonds. The van der Waals surface area contributed by atoms with Crippen molar-refractivity contribution in [2.24, 2.45) is 0 Å². The quantitative estimate of drug-likeness (QED) is 0.609. The minimum atomic E-state index is -1.31. The zero-order chi connectivity index (χ0) is 13.8. The van der Waals surface area contributed by atoms with E-state index in [0.29, 0.717) is 5.75 Å². The number of aliphatic hydroxyl groups is 4. The zero-order valence-corrected chi connectivity index (χ0v) is 11.1. The predicted molar refractivity (Wildman–Crippen MR) is 71.5 cm³/mol. The first-order valence-corrected chi connectivity index (χ1v) is 7.14. The van der Waals surface area contributed by atoms with Crippen molar-refractivity contribution in [3.05, 3.63) is 35.9 Å². The van der Waals surface area contributed by atoms with Crippen LogP contribution in [0.1, 0.15) is 5.56 Å². The van der Waals surface area contributed by atoms with Crippen LogP contribution >= 0.6 is 11.8 Å². The lowest BCUT2D eigenvalue weighted by Crippen LogP contribution is -2.57. The lowest BCUT2D eigenvalue weighted by Gasteiger charge is -2.39. The molecule has 1 fully saturated rings. The first kappa shape index (κ1) is 14.8. The molecule has 19 heavy (non-hydrogen) atoms. The van der Waals surface area contributed by atoms with E-state index in [2.05, 4.69) is 0 Å². The van der Waals surface area contributed by atoms with E-state index >= 15 is 0 Å². The highest BCUT2D eigenvalue weighted by Gasteiger charge is 2.43. The van der Waals surface area contributed by atoms with Crippen LogP contribution in [-0.2, 0) is 10.5 Å². The van der Waals surface area contributed by atoms with Gasteiger partial charge in [0, 0.05) is 5.75 Å². The summed E-state index contributed by atoms with van der Waals surface area (Å²) in [6.07, 6.45) is -4.62. The molecule has 106 valence electrons. The fraction of sp³-hybridized carbons (Fsp3) is 0.538. The lowest BCUT2D eigenvalue weighted by molar-refractivity contribution is -0.205. The van der Waals surface area contributed by atoms with E-state index in [4.69, 9.17) is 9.84 Å². The van der Waals surface area contributed by atoms with Gasteiger partial charge in [0.15, 0.2) is 0 Å². The van der Waals surface area contributed by atoms with E-state index in [1.54, 1.807) is 0 Å². The highest BCUT2D eigenvalue weighted by atomic mass is 32.2. The number of benzene rings is 1. The fourth-order valence-electron chi connectivity index (χ4n) is 1.96. The summed E-state index contributed by atoms with van der Waals surface area (Å²) in [6.45, 7) is -0.395.